The van der Waals surface area contributed by atoms with Gasteiger partial charge in [-0.15, -0.1) is 0 Å². The molecular weight excluding hydrogens is 534 g/mol. The van der Waals surface area contributed by atoms with Crippen LogP contribution < -0.4 is 20.5 Å². The van der Waals surface area contributed by atoms with Gasteiger partial charge in [-0.3, -0.25) is 9.78 Å². The lowest BCUT2D eigenvalue weighted by Gasteiger charge is -2.34. The molecule has 0 aliphatic heterocycles. The predicted molar refractivity (Wildman–Crippen MR) is 161 cm³/mol. The number of fused-ring (bicyclic) bond motifs is 1. The van der Waals surface area contributed by atoms with Crippen LogP contribution >= 0.6 is 11.6 Å². The Morgan fingerprint density at radius 2 is 1.29 bits per heavy atom. The highest BCUT2D eigenvalue weighted by Crippen LogP contribution is 2.46. The van der Waals surface area contributed by atoms with Crippen LogP contribution in [0.1, 0.15) is 33.7 Å². The van der Waals surface area contributed by atoms with E-state index >= 15 is 0 Å². The van der Waals surface area contributed by atoms with E-state index in [1.54, 1.807) is 18.3 Å². The molecule has 6 nitrogen and oxygen atoms in total. The molecule has 1 aliphatic carbocycles. The molecule has 0 fully saturated rings. The van der Waals surface area contributed by atoms with Crippen molar-refractivity contribution in [1.82, 2.24) is 4.98 Å². The van der Waals surface area contributed by atoms with E-state index in [2.05, 4.69) is 10.3 Å². The third-order valence-corrected chi connectivity index (χ3v) is 7.21. The van der Waals surface area contributed by atoms with Gasteiger partial charge in [-0.2, -0.15) is 0 Å². The second-order valence-electron chi connectivity index (χ2n) is 9.51. The summed E-state index contributed by atoms with van der Waals surface area (Å²) in [7, 11) is 0. The maximum atomic E-state index is 11.6. The zero-order valence-electron chi connectivity index (χ0n) is 21.9. The molecule has 202 valence electrons. The van der Waals surface area contributed by atoms with Crippen molar-refractivity contribution in [2.24, 2.45) is 5.73 Å². The molecule has 2 unspecified atom stereocenters. The quantitative estimate of drug-likeness (QED) is 0.204. The summed E-state index contributed by atoms with van der Waals surface area (Å²) < 4.78 is 13.0. The summed E-state index contributed by atoms with van der Waals surface area (Å²) in [5, 5.41) is 4.01. The minimum Gasteiger partial charge on any atom is -0.480 e. The zero-order valence-corrected chi connectivity index (χ0v) is 22.7. The fourth-order valence-electron chi connectivity index (χ4n) is 4.80. The lowest BCUT2D eigenvalue weighted by Crippen LogP contribution is -2.27. The van der Waals surface area contributed by atoms with E-state index < -0.39 is 18.1 Å². The highest BCUT2D eigenvalue weighted by Gasteiger charge is 2.37. The van der Waals surface area contributed by atoms with Gasteiger partial charge in [0.2, 0.25) is 5.91 Å². The number of hydrogen-bond acceptors (Lipinski definition) is 5. The number of amides is 1. The topological polar surface area (TPSA) is 86.5 Å². The number of aromatic nitrogens is 1. The number of benzene rings is 4. The molecule has 0 bridgehead atoms. The van der Waals surface area contributed by atoms with Gasteiger partial charge in [-0.25, -0.2) is 0 Å². The second kappa shape index (κ2) is 11.6. The van der Waals surface area contributed by atoms with E-state index in [9.17, 15) is 4.79 Å². The summed E-state index contributed by atoms with van der Waals surface area (Å²) in [6.45, 7) is 0. The van der Waals surface area contributed by atoms with E-state index in [1.807, 2.05) is 109 Å². The van der Waals surface area contributed by atoms with Crippen LogP contribution in [-0.2, 0) is 0 Å². The van der Waals surface area contributed by atoms with Gasteiger partial charge in [-0.05, 0) is 48.5 Å². The van der Waals surface area contributed by atoms with E-state index in [0.29, 0.717) is 33.5 Å². The molecule has 4 aromatic carbocycles. The van der Waals surface area contributed by atoms with E-state index in [0.717, 1.165) is 22.4 Å². The van der Waals surface area contributed by atoms with Gasteiger partial charge in [0.1, 0.15) is 11.5 Å². The van der Waals surface area contributed by atoms with Crippen molar-refractivity contribution in [2.75, 3.05) is 5.32 Å². The highest BCUT2D eigenvalue weighted by molar-refractivity contribution is 6.31. The number of nitrogens with two attached hydrogens (primary N) is 1. The Morgan fingerprint density at radius 1 is 0.732 bits per heavy atom. The van der Waals surface area contributed by atoms with Gasteiger partial charge in [0, 0.05) is 34.1 Å². The Morgan fingerprint density at radius 3 is 1.90 bits per heavy atom. The average Bonchev–Trinajstić information content (AvgIpc) is 3.02. The summed E-state index contributed by atoms with van der Waals surface area (Å²) in [5.74, 6) is 0.930. The van der Waals surface area contributed by atoms with Crippen molar-refractivity contribution in [1.29, 1.82) is 0 Å². The molecule has 7 heteroatoms. The molecule has 2 atom stereocenters. The molecule has 0 saturated heterocycles. The van der Waals surface area contributed by atoms with Crippen LogP contribution in [0.3, 0.4) is 0 Å². The van der Waals surface area contributed by atoms with Crippen LogP contribution in [0.15, 0.2) is 138 Å². The Balaban J connectivity index is 1.38. The fourth-order valence-corrected chi connectivity index (χ4v) is 5.11. The Kier molecular flexibility index (Phi) is 7.39. The number of nitrogens with one attached hydrogen (secondary N) is 1. The van der Waals surface area contributed by atoms with Crippen molar-refractivity contribution in [3.8, 4) is 22.8 Å². The van der Waals surface area contributed by atoms with E-state index in [1.165, 1.54) is 0 Å². The molecule has 0 saturated carbocycles. The maximum absolute atomic E-state index is 11.6. The van der Waals surface area contributed by atoms with Gasteiger partial charge >= 0.3 is 0 Å². The molecule has 1 amide bonds. The number of ether oxygens (including phenoxy) is 2. The number of primary amides is 1. The van der Waals surface area contributed by atoms with Crippen molar-refractivity contribution < 1.29 is 14.3 Å². The highest BCUT2D eigenvalue weighted by atomic mass is 35.5. The Labute approximate surface area is 243 Å². The van der Waals surface area contributed by atoms with Gasteiger partial charge in [0.15, 0.2) is 12.2 Å². The lowest BCUT2D eigenvalue weighted by atomic mass is 9.89. The van der Waals surface area contributed by atoms with Crippen molar-refractivity contribution >= 4 is 23.2 Å². The average molecular weight is 560 g/mol. The van der Waals surface area contributed by atoms with Crippen LogP contribution in [0.4, 0.5) is 5.69 Å². The number of nitrogens with zero attached hydrogens (tertiary/aromatic N) is 1. The van der Waals surface area contributed by atoms with Crippen molar-refractivity contribution in [3.63, 3.8) is 0 Å². The molecule has 0 radical (unpaired) electrons. The van der Waals surface area contributed by atoms with Crippen LogP contribution in [-0.4, -0.2) is 10.9 Å². The minimum absolute atomic E-state index is 0.403. The zero-order chi connectivity index (χ0) is 28.2. The standard InChI is InChI=1S/C34H26ClN3O3/c35-30-31(38-24-17-15-22(16-18-24)29-21-23(34(36)39)19-20-37-29)33(41-26-11-5-2-6-12-26)28-14-8-7-13-27(28)32(30)40-25-9-3-1-4-10-25/h1-21,32-33,38H,(H2,36,39). The third-order valence-electron chi connectivity index (χ3n) is 6.81. The number of anilines is 1. The number of carbonyl (C=O) groups excluding carboxylic acids is 1. The van der Waals surface area contributed by atoms with Crippen molar-refractivity contribution in [2.45, 2.75) is 12.2 Å². The summed E-state index contributed by atoms with van der Waals surface area (Å²) in [5.41, 5.74) is 10.7. The largest absolute Gasteiger partial charge is 0.480 e. The van der Waals surface area contributed by atoms with Crippen molar-refractivity contribution in [3.05, 3.63) is 155 Å². The number of hydrogen-bond donors (Lipinski definition) is 2. The lowest BCUT2D eigenvalue weighted by molar-refractivity contribution is 0.1000. The Hall–Kier alpha value is -5.07. The number of halogens is 1. The van der Waals surface area contributed by atoms with E-state index in [-0.39, 0.29) is 0 Å². The number of pyridine rings is 1. The van der Waals surface area contributed by atoms with Crippen LogP contribution in [0.5, 0.6) is 11.5 Å². The SMILES string of the molecule is NC(=O)c1ccnc(-c2ccc(NC3=C(Cl)C(Oc4ccccc4)c4ccccc4C3Oc3ccccc3)cc2)c1. The van der Waals surface area contributed by atoms with Gasteiger partial charge < -0.3 is 20.5 Å². The normalized spacial score (nSPS) is 16.0. The van der Waals surface area contributed by atoms with E-state index in [4.69, 9.17) is 26.8 Å². The summed E-state index contributed by atoms with van der Waals surface area (Å²) >= 11 is 7.17. The minimum atomic E-state index is -0.534. The molecule has 3 N–H and O–H groups in total. The first-order valence-electron chi connectivity index (χ1n) is 13.1. The monoisotopic (exact) mass is 559 g/mol. The fraction of sp³-hybridized carbons (Fsp3) is 0.0588. The smallest absolute Gasteiger partial charge is 0.248 e. The van der Waals surface area contributed by atoms with Gasteiger partial charge in [0.25, 0.3) is 0 Å². The Bertz CT molecular complexity index is 1710. The second-order valence-corrected chi connectivity index (χ2v) is 9.92. The number of rotatable bonds is 8. The molecule has 6 rings (SSSR count). The molecule has 1 heterocycles. The molecule has 1 aliphatic rings. The molecule has 41 heavy (non-hydrogen) atoms. The third kappa shape index (κ3) is 5.64. The van der Waals surface area contributed by atoms with Crippen LogP contribution in [0.2, 0.25) is 0 Å². The van der Waals surface area contributed by atoms with Gasteiger partial charge in [-0.1, -0.05) is 84.4 Å². The molecular formula is C34H26ClN3O3. The molecule has 0 spiro atoms. The van der Waals surface area contributed by atoms with Gasteiger partial charge in [0.05, 0.1) is 16.4 Å². The number of carbonyl (C=O) groups is 1. The molecule has 5 aromatic rings. The van der Waals surface area contributed by atoms with Crippen LogP contribution in [0, 0.1) is 0 Å². The molecule has 1 aromatic heterocycles. The first-order chi connectivity index (χ1) is 20.1. The first-order valence-corrected chi connectivity index (χ1v) is 13.5. The number of para-hydroxylation sites is 2. The first kappa shape index (κ1) is 26.2. The summed E-state index contributed by atoms with van der Waals surface area (Å²) in [6.07, 6.45) is 0.531. The summed E-state index contributed by atoms with van der Waals surface area (Å²) in [4.78, 5) is 16.0. The maximum Gasteiger partial charge on any atom is 0.248 e. The predicted octanol–water partition coefficient (Wildman–Crippen LogP) is 7.66. The summed E-state index contributed by atoms with van der Waals surface area (Å²) in [6, 6.07) is 38.3. The van der Waals surface area contributed by atoms with Crippen LogP contribution in [0.25, 0.3) is 11.3 Å².